The Hall–Kier alpha value is -1.82. The summed E-state index contributed by atoms with van der Waals surface area (Å²) in [7, 11) is 3.36. The summed E-state index contributed by atoms with van der Waals surface area (Å²) in [5.74, 6) is 2.05. The minimum atomic E-state index is 0.465. The van der Waals surface area contributed by atoms with Crippen LogP contribution in [0.3, 0.4) is 0 Å². The van der Waals surface area contributed by atoms with E-state index < -0.39 is 0 Å². The highest BCUT2D eigenvalue weighted by molar-refractivity contribution is 7.80. The Morgan fingerprint density at radius 3 is 2.76 bits per heavy atom. The number of benzene rings is 1. The summed E-state index contributed by atoms with van der Waals surface area (Å²) < 4.78 is 11.1. The molecule has 0 aliphatic heterocycles. The van der Waals surface area contributed by atoms with Crippen LogP contribution in [0.4, 0.5) is 0 Å². The fourth-order valence-electron chi connectivity index (χ4n) is 1.51. The summed E-state index contributed by atoms with van der Waals surface area (Å²) in [4.78, 5) is 0. The minimum Gasteiger partial charge on any atom is -0.493 e. The van der Waals surface area contributed by atoms with E-state index in [1.165, 1.54) is 0 Å². The maximum Gasteiger partial charge on any atom is 0.186 e. The standard InChI is InChI=1S/C15H23N3O2S/c1-11(2)7-8-20-13-6-5-12(9-14(13)19-4)10-17-18-15(21)16-3/h5-6,9-11H,7-8H2,1-4H3,(H2,16,18,21). The van der Waals surface area contributed by atoms with Crippen LogP contribution in [0.2, 0.25) is 0 Å². The van der Waals surface area contributed by atoms with Crippen LogP contribution in [0, 0.1) is 5.92 Å². The van der Waals surface area contributed by atoms with E-state index >= 15 is 0 Å². The van der Waals surface area contributed by atoms with Gasteiger partial charge < -0.3 is 14.8 Å². The number of hydrazone groups is 1. The second-order valence-electron chi connectivity index (χ2n) is 4.89. The lowest BCUT2D eigenvalue weighted by atomic mass is 10.1. The van der Waals surface area contributed by atoms with Crippen LogP contribution >= 0.6 is 12.2 Å². The molecule has 21 heavy (non-hydrogen) atoms. The van der Waals surface area contributed by atoms with Gasteiger partial charge in [0.15, 0.2) is 16.6 Å². The Kier molecular flexibility index (Phi) is 7.53. The van der Waals surface area contributed by atoms with Gasteiger partial charge in [0, 0.05) is 7.05 Å². The third kappa shape index (κ3) is 6.44. The van der Waals surface area contributed by atoms with Gasteiger partial charge in [0.05, 0.1) is 19.9 Å². The zero-order valence-corrected chi connectivity index (χ0v) is 13.8. The number of hydrogen-bond acceptors (Lipinski definition) is 4. The van der Waals surface area contributed by atoms with E-state index in [0.29, 0.717) is 23.4 Å². The zero-order chi connectivity index (χ0) is 15.7. The van der Waals surface area contributed by atoms with Gasteiger partial charge in [-0.2, -0.15) is 5.10 Å². The molecule has 0 spiro atoms. The molecular formula is C15H23N3O2S. The molecule has 0 aliphatic carbocycles. The van der Waals surface area contributed by atoms with Crippen LogP contribution in [0.5, 0.6) is 11.5 Å². The van der Waals surface area contributed by atoms with Gasteiger partial charge in [-0.05, 0) is 48.3 Å². The molecule has 0 saturated heterocycles. The van der Waals surface area contributed by atoms with Crippen molar-refractivity contribution in [2.75, 3.05) is 20.8 Å². The quantitative estimate of drug-likeness (QED) is 0.460. The number of nitrogens with one attached hydrogen (secondary N) is 2. The molecule has 5 nitrogen and oxygen atoms in total. The topological polar surface area (TPSA) is 54.9 Å². The fraction of sp³-hybridized carbons (Fsp3) is 0.467. The third-order valence-corrected chi connectivity index (χ3v) is 3.04. The van der Waals surface area contributed by atoms with Crippen molar-refractivity contribution in [3.05, 3.63) is 23.8 Å². The van der Waals surface area contributed by atoms with Gasteiger partial charge >= 0.3 is 0 Å². The Balaban J connectivity index is 2.67. The molecule has 0 heterocycles. The van der Waals surface area contributed by atoms with Crippen LogP contribution in [0.25, 0.3) is 0 Å². The van der Waals surface area contributed by atoms with E-state index in [1.807, 2.05) is 18.2 Å². The van der Waals surface area contributed by atoms with Gasteiger partial charge in [0.1, 0.15) is 0 Å². The molecule has 6 heteroatoms. The summed E-state index contributed by atoms with van der Waals surface area (Å²) in [6.07, 6.45) is 2.68. The van der Waals surface area contributed by atoms with Crippen molar-refractivity contribution < 1.29 is 9.47 Å². The Labute approximate surface area is 131 Å². The average molecular weight is 309 g/mol. The van der Waals surface area contributed by atoms with Crippen LogP contribution in [-0.2, 0) is 0 Å². The maximum absolute atomic E-state index is 5.74. The van der Waals surface area contributed by atoms with Gasteiger partial charge in [0.2, 0.25) is 0 Å². The monoisotopic (exact) mass is 309 g/mol. The van der Waals surface area contributed by atoms with Crippen molar-refractivity contribution in [1.82, 2.24) is 10.7 Å². The largest absolute Gasteiger partial charge is 0.493 e. The molecule has 2 N–H and O–H groups in total. The van der Waals surface area contributed by atoms with E-state index in [-0.39, 0.29) is 0 Å². The minimum absolute atomic E-state index is 0.465. The lowest BCUT2D eigenvalue weighted by molar-refractivity contribution is 0.273. The van der Waals surface area contributed by atoms with Crippen LogP contribution in [0.15, 0.2) is 23.3 Å². The highest BCUT2D eigenvalue weighted by Gasteiger charge is 2.05. The number of rotatable bonds is 7. The first-order valence-corrected chi connectivity index (χ1v) is 7.29. The van der Waals surface area contributed by atoms with Crippen molar-refractivity contribution in [3.63, 3.8) is 0 Å². The van der Waals surface area contributed by atoms with Crippen molar-refractivity contribution in [1.29, 1.82) is 0 Å². The number of nitrogens with zero attached hydrogens (tertiary/aromatic N) is 1. The number of hydrogen-bond donors (Lipinski definition) is 2. The zero-order valence-electron chi connectivity index (χ0n) is 13.0. The summed E-state index contributed by atoms with van der Waals surface area (Å²) in [5.41, 5.74) is 3.59. The molecule has 0 fully saturated rings. The first-order chi connectivity index (χ1) is 10.1. The fourth-order valence-corrected chi connectivity index (χ4v) is 1.56. The molecular weight excluding hydrogens is 286 g/mol. The van der Waals surface area contributed by atoms with E-state index in [2.05, 4.69) is 29.7 Å². The molecule has 0 atom stereocenters. The van der Waals surface area contributed by atoms with Gasteiger partial charge in [-0.1, -0.05) is 13.8 Å². The smallest absolute Gasteiger partial charge is 0.186 e. The average Bonchev–Trinajstić information content (AvgIpc) is 2.47. The van der Waals surface area contributed by atoms with Crippen molar-refractivity contribution in [3.8, 4) is 11.5 Å². The Morgan fingerprint density at radius 2 is 2.14 bits per heavy atom. The third-order valence-electron chi connectivity index (χ3n) is 2.75. The van der Waals surface area contributed by atoms with Crippen LogP contribution in [0.1, 0.15) is 25.8 Å². The Bertz CT molecular complexity index is 490. The summed E-state index contributed by atoms with van der Waals surface area (Å²) >= 11 is 4.93. The number of thiocarbonyl (C=S) groups is 1. The van der Waals surface area contributed by atoms with E-state index in [4.69, 9.17) is 21.7 Å². The SMILES string of the molecule is CNC(=S)NN=Cc1ccc(OCCC(C)C)c(OC)c1. The molecule has 0 aliphatic rings. The maximum atomic E-state index is 5.74. The lowest BCUT2D eigenvalue weighted by Crippen LogP contribution is -2.28. The van der Waals surface area contributed by atoms with Gasteiger partial charge in [0.25, 0.3) is 0 Å². The van der Waals surface area contributed by atoms with E-state index in [9.17, 15) is 0 Å². The molecule has 0 aromatic heterocycles. The van der Waals surface area contributed by atoms with Gasteiger partial charge in [-0.3, -0.25) is 5.43 Å². The van der Waals surface area contributed by atoms with Crippen LogP contribution < -0.4 is 20.2 Å². The Morgan fingerprint density at radius 1 is 1.38 bits per heavy atom. The lowest BCUT2D eigenvalue weighted by Gasteiger charge is -2.12. The van der Waals surface area contributed by atoms with Crippen LogP contribution in [-0.4, -0.2) is 32.1 Å². The number of ether oxygens (including phenoxy) is 2. The normalized spacial score (nSPS) is 10.7. The second kappa shape index (κ2) is 9.18. The molecule has 1 aromatic carbocycles. The number of methoxy groups -OCH3 is 1. The summed E-state index contributed by atoms with van der Waals surface area (Å²) in [5, 5.41) is 7.27. The highest BCUT2D eigenvalue weighted by atomic mass is 32.1. The molecule has 1 aromatic rings. The molecule has 0 unspecified atom stereocenters. The predicted octanol–water partition coefficient (Wildman–Crippen LogP) is 2.55. The summed E-state index contributed by atoms with van der Waals surface area (Å²) in [6, 6.07) is 5.68. The molecule has 1 rings (SSSR count). The predicted molar refractivity (Wildman–Crippen MR) is 90.3 cm³/mol. The van der Waals surface area contributed by atoms with E-state index in [1.54, 1.807) is 20.4 Å². The van der Waals surface area contributed by atoms with Crippen molar-refractivity contribution in [2.45, 2.75) is 20.3 Å². The van der Waals surface area contributed by atoms with Gasteiger partial charge in [-0.25, -0.2) is 0 Å². The van der Waals surface area contributed by atoms with Gasteiger partial charge in [-0.15, -0.1) is 0 Å². The van der Waals surface area contributed by atoms with Crippen molar-refractivity contribution >= 4 is 23.5 Å². The molecule has 0 amide bonds. The molecule has 116 valence electrons. The molecule has 0 saturated carbocycles. The summed E-state index contributed by atoms with van der Waals surface area (Å²) in [6.45, 7) is 5.02. The van der Waals surface area contributed by atoms with Crippen molar-refractivity contribution in [2.24, 2.45) is 11.0 Å². The second-order valence-corrected chi connectivity index (χ2v) is 5.30. The first-order valence-electron chi connectivity index (χ1n) is 6.88. The highest BCUT2D eigenvalue weighted by Crippen LogP contribution is 2.27. The molecule has 0 radical (unpaired) electrons. The van der Waals surface area contributed by atoms with E-state index in [0.717, 1.165) is 17.7 Å². The molecule has 0 bridgehead atoms. The first kappa shape index (κ1) is 17.2.